The average molecular weight is 500 g/mol. The zero-order chi connectivity index (χ0) is 25.8. The van der Waals surface area contributed by atoms with E-state index in [1.54, 1.807) is 13.1 Å². The lowest BCUT2D eigenvalue weighted by atomic mass is 10.1. The highest BCUT2D eigenvalue weighted by Gasteiger charge is 2.18. The number of pyridine rings is 2. The minimum Gasteiger partial charge on any atom is -0.368 e. The monoisotopic (exact) mass is 499 g/mol. The van der Waals surface area contributed by atoms with Crippen molar-refractivity contribution in [3.05, 3.63) is 82.1 Å². The van der Waals surface area contributed by atoms with Gasteiger partial charge in [-0.15, -0.1) is 0 Å². The molecule has 1 fully saturated rings. The number of rotatable bonds is 7. The summed E-state index contributed by atoms with van der Waals surface area (Å²) in [5.41, 5.74) is 3.17. The molecule has 37 heavy (non-hydrogen) atoms. The van der Waals surface area contributed by atoms with Gasteiger partial charge in [-0.25, -0.2) is 4.98 Å². The molecule has 2 aromatic heterocycles. The van der Waals surface area contributed by atoms with E-state index in [1.165, 1.54) is 11.1 Å². The molecule has 3 aromatic rings. The van der Waals surface area contributed by atoms with E-state index in [2.05, 4.69) is 51.0 Å². The van der Waals surface area contributed by atoms with Gasteiger partial charge in [-0.2, -0.15) is 0 Å². The van der Waals surface area contributed by atoms with Crippen molar-refractivity contribution in [2.45, 2.75) is 20.3 Å². The minimum atomic E-state index is -0.186. The van der Waals surface area contributed by atoms with Crippen LogP contribution in [0.3, 0.4) is 0 Å². The molecule has 9 nitrogen and oxygen atoms in total. The van der Waals surface area contributed by atoms with Gasteiger partial charge in [-0.05, 0) is 54.6 Å². The van der Waals surface area contributed by atoms with E-state index in [0.717, 1.165) is 62.6 Å². The molecule has 0 bridgehead atoms. The Labute approximate surface area is 216 Å². The first-order chi connectivity index (χ1) is 17.9. The van der Waals surface area contributed by atoms with E-state index in [0.29, 0.717) is 17.0 Å². The van der Waals surface area contributed by atoms with Gasteiger partial charge in [0.15, 0.2) is 0 Å². The number of fused-ring (bicyclic) bond motifs is 1. The van der Waals surface area contributed by atoms with Gasteiger partial charge in [0, 0.05) is 58.1 Å². The number of piperazine rings is 1. The van der Waals surface area contributed by atoms with Gasteiger partial charge in [0.1, 0.15) is 17.5 Å². The third-order valence-corrected chi connectivity index (χ3v) is 6.86. The van der Waals surface area contributed by atoms with Crippen LogP contribution in [-0.4, -0.2) is 64.9 Å². The summed E-state index contributed by atoms with van der Waals surface area (Å²) in [5, 5.41) is 11.3. The van der Waals surface area contributed by atoms with Crippen LogP contribution in [0.1, 0.15) is 19.4 Å². The number of amides is 1. The number of dihydropyridines is 1. The Kier molecular flexibility index (Phi) is 7.23. The van der Waals surface area contributed by atoms with Crippen molar-refractivity contribution in [1.82, 2.24) is 25.1 Å². The SMILES string of the molecule is CC(=O)N1CCN(CCc2ccc(Nc3nc(NC4=CC=C(C)CN4)cc4cc[nH]c(=O)c34)cc2)CC1. The number of allylic oxidation sites excluding steroid dienone is 2. The largest absolute Gasteiger partial charge is 0.368 e. The molecule has 2 aliphatic heterocycles. The average Bonchev–Trinajstić information content (AvgIpc) is 2.90. The third-order valence-electron chi connectivity index (χ3n) is 6.86. The number of hydrogen-bond donors (Lipinski definition) is 4. The zero-order valence-electron chi connectivity index (χ0n) is 21.3. The van der Waals surface area contributed by atoms with E-state index >= 15 is 0 Å². The van der Waals surface area contributed by atoms with E-state index in [-0.39, 0.29) is 11.5 Å². The smallest absolute Gasteiger partial charge is 0.259 e. The van der Waals surface area contributed by atoms with Crippen LogP contribution in [0.5, 0.6) is 0 Å². The first-order valence-corrected chi connectivity index (χ1v) is 12.7. The van der Waals surface area contributed by atoms with E-state index in [4.69, 9.17) is 4.98 Å². The molecule has 9 heteroatoms. The van der Waals surface area contributed by atoms with Crippen LogP contribution in [0.4, 0.5) is 17.3 Å². The summed E-state index contributed by atoms with van der Waals surface area (Å²) < 4.78 is 0. The molecule has 1 amide bonds. The Bertz CT molecular complexity index is 1400. The van der Waals surface area contributed by atoms with Crippen LogP contribution < -0.4 is 21.5 Å². The zero-order valence-corrected chi connectivity index (χ0v) is 21.3. The molecule has 5 rings (SSSR count). The second-order valence-corrected chi connectivity index (χ2v) is 9.62. The number of H-pyrrole nitrogens is 1. The number of nitrogens with zero attached hydrogens (tertiary/aromatic N) is 3. The van der Waals surface area contributed by atoms with Crippen molar-refractivity contribution in [3.63, 3.8) is 0 Å². The highest BCUT2D eigenvalue weighted by atomic mass is 16.2. The molecule has 0 saturated carbocycles. The Morgan fingerprint density at radius 2 is 1.84 bits per heavy atom. The number of carbonyl (C=O) groups excluding carboxylic acids is 1. The van der Waals surface area contributed by atoms with Gasteiger partial charge < -0.3 is 25.8 Å². The molecule has 0 atom stereocenters. The molecule has 4 N–H and O–H groups in total. The highest BCUT2D eigenvalue weighted by Crippen LogP contribution is 2.26. The Morgan fingerprint density at radius 1 is 1.05 bits per heavy atom. The van der Waals surface area contributed by atoms with Crippen LogP contribution in [0.15, 0.2) is 70.9 Å². The first kappa shape index (κ1) is 24.6. The fraction of sp³-hybridized carbons (Fsp3) is 0.321. The lowest BCUT2D eigenvalue weighted by Gasteiger charge is -2.34. The first-order valence-electron chi connectivity index (χ1n) is 12.7. The van der Waals surface area contributed by atoms with Gasteiger partial charge in [-0.1, -0.05) is 23.8 Å². The minimum absolute atomic E-state index is 0.156. The van der Waals surface area contributed by atoms with Crippen molar-refractivity contribution in [3.8, 4) is 0 Å². The topological polar surface area (TPSA) is 105 Å². The normalized spacial score (nSPS) is 16.1. The summed E-state index contributed by atoms with van der Waals surface area (Å²) in [7, 11) is 0. The van der Waals surface area contributed by atoms with Crippen LogP contribution in [0, 0.1) is 0 Å². The second kappa shape index (κ2) is 10.9. The molecule has 4 heterocycles. The number of aromatic nitrogens is 2. The van der Waals surface area contributed by atoms with Crippen LogP contribution >= 0.6 is 0 Å². The van der Waals surface area contributed by atoms with Crippen molar-refractivity contribution >= 4 is 34.0 Å². The van der Waals surface area contributed by atoms with Crippen molar-refractivity contribution < 1.29 is 4.79 Å². The molecular weight excluding hydrogens is 466 g/mol. The lowest BCUT2D eigenvalue weighted by Crippen LogP contribution is -2.48. The summed E-state index contributed by atoms with van der Waals surface area (Å²) >= 11 is 0. The molecule has 1 aromatic carbocycles. The molecule has 0 spiro atoms. The van der Waals surface area contributed by atoms with E-state index < -0.39 is 0 Å². The van der Waals surface area contributed by atoms with Gasteiger partial charge >= 0.3 is 0 Å². The maximum absolute atomic E-state index is 12.7. The predicted molar refractivity (Wildman–Crippen MR) is 148 cm³/mol. The summed E-state index contributed by atoms with van der Waals surface area (Å²) in [5.74, 6) is 2.17. The molecule has 0 aliphatic carbocycles. The molecule has 2 aliphatic rings. The van der Waals surface area contributed by atoms with Crippen LogP contribution in [0.25, 0.3) is 10.8 Å². The Morgan fingerprint density at radius 3 is 2.54 bits per heavy atom. The summed E-state index contributed by atoms with van der Waals surface area (Å²) in [6.45, 7) is 8.88. The second-order valence-electron chi connectivity index (χ2n) is 9.62. The van der Waals surface area contributed by atoms with Gasteiger partial charge in [-0.3, -0.25) is 14.5 Å². The summed E-state index contributed by atoms with van der Waals surface area (Å²) in [6, 6.07) is 12.0. The van der Waals surface area contributed by atoms with E-state index in [1.807, 2.05) is 35.2 Å². The molecule has 192 valence electrons. The van der Waals surface area contributed by atoms with Crippen molar-refractivity contribution in [2.75, 3.05) is 49.9 Å². The third kappa shape index (κ3) is 6.00. The summed E-state index contributed by atoms with van der Waals surface area (Å²) in [6.07, 6.45) is 6.64. The van der Waals surface area contributed by atoms with Gasteiger partial charge in [0.2, 0.25) is 5.91 Å². The number of aromatic amines is 1. The number of benzene rings is 1. The Balaban J connectivity index is 1.28. The number of nitrogens with one attached hydrogen (secondary N) is 4. The maximum atomic E-state index is 12.7. The van der Waals surface area contributed by atoms with E-state index in [9.17, 15) is 9.59 Å². The van der Waals surface area contributed by atoms with Crippen LogP contribution in [-0.2, 0) is 11.2 Å². The standard InChI is InChI=1S/C28H33N7O2/c1-19-3-8-24(30-18-19)32-25-17-22-9-11-29-28(37)26(22)27(33-25)31-23-6-4-21(5-7-23)10-12-34-13-15-35(16-14-34)20(2)36/h3-9,11,17,30H,10,12-16,18H2,1-2H3,(H,29,37)(H2,31,32,33). The van der Waals surface area contributed by atoms with Crippen molar-refractivity contribution in [2.24, 2.45) is 0 Å². The summed E-state index contributed by atoms with van der Waals surface area (Å²) in [4.78, 5) is 36.0. The fourth-order valence-corrected chi connectivity index (χ4v) is 4.64. The van der Waals surface area contributed by atoms with Crippen LogP contribution in [0.2, 0.25) is 0 Å². The fourth-order valence-electron chi connectivity index (χ4n) is 4.64. The number of carbonyl (C=O) groups is 1. The van der Waals surface area contributed by atoms with Gasteiger partial charge in [0.25, 0.3) is 5.56 Å². The number of anilines is 3. The maximum Gasteiger partial charge on any atom is 0.259 e. The lowest BCUT2D eigenvalue weighted by molar-refractivity contribution is -0.130. The molecular formula is C28H33N7O2. The quantitative estimate of drug-likeness (QED) is 0.396. The molecule has 0 radical (unpaired) electrons. The highest BCUT2D eigenvalue weighted by molar-refractivity contribution is 5.94. The number of hydrogen-bond acceptors (Lipinski definition) is 7. The molecule has 1 saturated heterocycles. The van der Waals surface area contributed by atoms with Crippen molar-refractivity contribution in [1.29, 1.82) is 0 Å². The predicted octanol–water partition coefficient (Wildman–Crippen LogP) is 3.18. The molecule has 0 unspecified atom stereocenters. The van der Waals surface area contributed by atoms with Gasteiger partial charge in [0.05, 0.1) is 5.39 Å². The Hall–Kier alpha value is -4.11.